The summed E-state index contributed by atoms with van der Waals surface area (Å²) in [7, 11) is 1.95. The summed E-state index contributed by atoms with van der Waals surface area (Å²) in [5.74, 6) is 1.07. The number of nitrogens with zero attached hydrogens (tertiary/aromatic N) is 6. The van der Waals surface area contributed by atoms with Gasteiger partial charge in [0.1, 0.15) is 5.01 Å². The summed E-state index contributed by atoms with van der Waals surface area (Å²) in [6.07, 6.45) is 8.49. The first-order chi connectivity index (χ1) is 13.6. The van der Waals surface area contributed by atoms with Crippen molar-refractivity contribution in [3.05, 3.63) is 35.0 Å². The molecule has 3 aliphatic rings. The van der Waals surface area contributed by atoms with Gasteiger partial charge in [-0.15, -0.1) is 11.3 Å². The third-order valence-corrected chi connectivity index (χ3v) is 7.85. The molecule has 5 rings (SSSR count). The van der Waals surface area contributed by atoms with Crippen molar-refractivity contribution in [3.8, 4) is 0 Å². The number of aromatic nitrogens is 3. The van der Waals surface area contributed by atoms with Crippen LogP contribution in [-0.2, 0) is 11.3 Å². The van der Waals surface area contributed by atoms with E-state index in [4.69, 9.17) is 0 Å². The van der Waals surface area contributed by atoms with Gasteiger partial charge in [-0.3, -0.25) is 9.69 Å². The van der Waals surface area contributed by atoms with E-state index in [2.05, 4.69) is 24.8 Å². The van der Waals surface area contributed by atoms with E-state index in [-0.39, 0.29) is 10.8 Å². The van der Waals surface area contributed by atoms with Crippen molar-refractivity contribution in [1.29, 1.82) is 0 Å². The number of carbonyl (C=O) groups excluding carboxylic acids is 1. The molecule has 8 heteroatoms. The fourth-order valence-electron chi connectivity index (χ4n) is 5.53. The van der Waals surface area contributed by atoms with Gasteiger partial charge in [0.2, 0.25) is 11.9 Å². The van der Waals surface area contributed by atoms with Crippen LogP contribution in [0.4, 0.5) is 5.95 Å². The molecule has 1 unspecified atom stereocenters. The van der Waals surface area contributed by atoms with Gasteiger partial charge in [-0.25, -0.2) is 15.0 Å². The zero-order valence-electron chi connectivity index (χ0n) is 16.3. The van der Waals surface area contributed by atoms with Gasteiger partial charge in [-0.1, -0.05) is 0 Å². The Morgan fingerprint density at radius 3 is 2.46 bits per heavy atom. The first-order valence-corrected chi connectivity index (χ1v) is 10.9. The lowest BCUT2D eigenvalue weighted by Crippen LogP contribution is -2.52. The second kappa shape index (κ2) is 6.77. The summed E-state index contributed by atoms with van der Waals surface area (Å²) >= 11 is 1.72. The molecule has 28 heavy (non-hydrogen) atoms. The number of hydrogen-bond donors (Lipinski definition) is 0. The Balaban J connectivity index is 1.40. The molecular weight excluding hydrogens is 372 g/mol. The number of likely N-dealkylation sites (tertiary alicyclic amines) is 2. The SMILES string of the molecule is CN1CCC2(CN(c3ncccn3)CC23CCN(Cc2nccs2)CC3)C1=O. The molecule has 1 amide bonds. The van der Waals surface area contributed by atoms with Crippen molar-refractivity contribution in [1.82, 2.24) is 24.8 Å². The van der Waals surface area contributed by atoms with Crippen molar-refractivity contribution < 1.29 is 4.79 Å². The van der Waals surface area contributed by atoms with Crippen molar-refractivity contribution in [2.75, 3.05) is 44.7 Å². The topological polar surface area (TPSA) is 65.5 Å². The van der Waals surface area contributed by atoms with Crippen LogP contribution < -0.4 is 4.90 Å². The Morgan fingerprint density at radius 2 is 1.82 bits per heavy atom. The molecule has 2 spiro atoms. The molecule has 3 fully saturated rings. The number of piperidine rings is 1. The normalized spacial score (nSPS) is 27.4. The van der Waals surface area contributed by atoms with Crippen LogP contribution in [0, 0.1) is 10.8 Å². The van der Waals surface area contributed by atoms with Gasteiger partial charge in [0.25, 0.3) is 0 Å². The van der Waals surface area contributed by atoms with E-state index in [0.717, 1.165) is 64.5 Å². The third kappa shape index (κ3) is 2.73. The smallest absolute Gasteiger partial charge is 0.231 e. The van der Waals surface area contributed by atoms with Crippen LogP contribution in [0.15, 0.2) is 30.0 Å². The minimum absolute atomic E-state index is 0.00736. The summed E-state index contributed by atoms with van der Waals surface area (Å²) in [6, 6.07) is 1.84. The van der Waals surface area contributed by atoms with Gasteiger partial charge < -0.3 is 9.80 Å². The number of anilines is 1. The summed E-state index contributed by atoms with van der Waals surface area (Å²) in [5, 5.41) is 3.21. The Labute approximate surface area is 169 Å². The lowest BCUT2D eigenvalue weighted by Gasteiger charge is -2.46. The van der Waals surface area contributed by atoms with E-state index >= 15 is 0 Å². The average molecular weight is 399 g/mol. The predicted molar refractivity (Wildman–Crippen MR) is 108 cm³/mol. The maximum absolute atomic E-state index is 13.4. The second-order valence-corrected chi connectivity index (χ2v) is 9.43. The molecule has 0 aliphatic carbocycles. The summed E-state index contributed by atoms with van der Waals surface area (Å²) in [4.78, 5) is 33.4. The van der Waals surface area contributed by atoms with E-state index in [1.165, 1.54) is 5.01 Å². The fourth-order valence-corrected chi connectivity index (χ4v) is 6.19. The highest BCUT2D eigenvalue weighted by Crippen LogP contribution is 2.58. The van der Waals surface area contributed by atoms with E-state index in [1.54, 1.807) is 23.7 Å². The zero-order chi connectivity index (χ0) is 19.2. The fraction of sp³-hybridized carbons (Fsp3) is 0.600. The first-order valence-electron chi connectivity index (χ1n) is 10.0. The maximum Gasteiger partial charge on any atom is 0.231 e. The standard InChI is InChI=1S/C20H26N6OS/c1-24-9-5-20(17(24)27)15-26(18-22-6-2-7-23-18)14-19(20)3-10-25(11-4-19)13-16-21-8-12-28-16/h2,6-8,12H,3-5,9-11,13-15H2,1H3. The maximum atomic E-state index is 13.4. The number of rotatable bonds is 3. The van der Waals surface area contributed by atoms with Gasteiger partial charge in [0.15, 0.2) is 0 Å². The van der Waals surface area contributed by atoms with E-state index in [9.17, 15) is 4.79 Å². The predicted octanol–water partition coefficient (Wildman–Crippen LogP) is 1.88. The lowest BCUT2D eigenvalue weighted by molar-refractivity contribution is -0.141. The van der Waals surface area contributed by atoms with Crippen LogP contribution in [0.5, 0.6) is 0 Å². The number of thiazole rings is 1. The highest BCUT2D eigenvalue weighted by atomic mass is 32.1. The molecule has 0 radical (unpaired) electrons. The molecule has 1 atom stereocenters. The van der Waals surface area contributed by atoms with Gasteiger partial charge >= 0.3 is 0 Å². The number of hydrogen-bond acceptors (Lipinski definition) is 7. The molecule has 2 aromatic heterocycles. The summed E-state index contributed by atoms with van der Waals surface area (Å²) in [6.45, 7) is 5.42. The van der Waals surface area contributed by atoms with Gasteiger partial charge in [-0.05, 0) is 38.4 Å². The van der Waals surface area contributed by atoms with Crippen LogP contribution in [0.3, 0.4) is 0 Å². The van der Waals surface area contributed by atoms with Crippen molar-refractivity contribution >= 4 is 23.2 Å². The highest BCUT2D eigenvalue weighted by molar-refractivity contribution is 7.09. The minimum atomic E-state index is -0.297. The molecule has 7 nitrogen and oxygen atoms in total. The molecule has 0 bridgehead atoms. The molecule has 0 saturated carbocycles. The van der Waals surface area contributed by atoms with Crippen molar-refractivity contribution in [2.24, 2.45) is 10.8 Å². The number of carbonyl (C=O) groups is 1. The molecule has 5 heterocycles. The first kappa shape index (κ1) is 18.0. The molecular formula is C20H26N6OS. The summed E-state index contributed by atoms with van der Waals surface area (Å²) < 4.78 is 0. The van der Waals surface area contributed by atoms with Gasteiger partial charge in [0.05, 0.1) is 12.0 Å². The molecule has 0 N–H and O–H groups in total. The van der Waals surface area contributed by atoms with Crippen LogP contribution in [-0.4, -0.2) is 70.4 Å². The van der Waals surface area contributed by atoms with Crippen LogP contribution in [0.1, 0.15) is 24.3 Å². The number of fused-ring (bicyclic) bond motifs is 1. The van der Waals surface area contributed by atoms with Crippen molar-refractivity contribution in [2.45, 2.75) is 25.8 Å². The quantitative estimate of drug-likeness (QED) is 0.787. The van der Waals surface area contributed by atoms with Gasteiger partial charge in [-0.2, -0.15) is 0 Å². The van der Waals surface area contributed by atoms with Crippen LogP contribution >= 0.6 is 11.3 Å². The summed E-state index contributed by atoms with van der Waals surface area (Å²) in [5.41, 5.74) is -0.290. The Hall–Kier alpha value is -2.06. The Morgan fingerprint density at radius 1 is 1.04 bits per heavy atom. The molecule has 148 valence electrons. The number of amides is 1. The zero-order valence-corrected chi connectivity index (χ0v) is 17.1. The molecule has 0 aromatic carbocycles. The van der Waals surface area contributed by atoms with Crippen LogP contribution in [0.2, 0.25) is 0 Å². The molecule has 3 saturated heterocycles. The van der Waals surface area contributed by atoms with Crippen LogP contribution in [0.25, 0.3) is 0 Å². The third-order valence-electron chi connectivity index (χ3n) is 7.09. The van der Waals surface area contributed by atoms with Gasteiger partial charge in [0, 0.05) is 56.1 Å². The van der Waals surface area contributed by atoms with E-state index in [1.807, 2.05) is 29.6 Å². The van der Waals surface area contributed by atoms with E-state index in [0.29, 0.717) is 5.91 Å². The van der Waals surface area contributed by atoms with E-state index < -0.39 is 0 Å². The Kier molecular flexibility index (Phi) is 4.35. The molecule has 2 aromatic rings. The monoisotopic (exact) mass is 398 g/mol. The highest BCUT2D eigenvalue weighted by Gasteiger charge is 2.65. The average Bonchev–Trinajstić information content (AvgIpc) is 3.42. The second-order valence-electron chi connectivity index (χ2n) is 8.45. The lowest BCUT2D eigenvalue weighted by atomic mass is 9.60. The minimum Gasteiger partial charge on any atom is -0.345 e. The molecule has 3 aliphatic heterocycles. The van der Waals surface area contributed by atoms with Crippen molar-refractivity contribution in [3.63, 3.8) is 0 Å². The Bertz CT molecular complexity index is 836. The largest absolute Gasteiger partial charge is 0.345 e.